The molecule has 1 aliphatic rings. The lowest BCUT2D eigenvalue weighted by atomic mass is 10.0. The molecule has 0 aromatic carbocycles. The van der Waals surface area contributed by atoms with Crippen molar-refractivity contribution in [3.63, 3.8) is 0 Å². The highest BCUT2D eigenvalue weighted by Crippen LogP contribution is 2.22. The summed E-state index contributed by atoms with van der Waals surface area (Å²) in [5.41, 5.74) is 0.287. The number of rotatable bonds is 6. The van der Waals surface area contributed by atoms with E-state index in [1.54, 1.807) is 0 Å². The predicted molar refractivity (Wildman–Crippen MR) is 71.9 cm³/mol. The second-order valence-corrected chi connectivity index (χ2v) is 5.91. The van der Waals surface area contributed by atoms with Crippen LogP contribution in [0.25, 0.3) is 0 Å². The van der Waals surface area contributed by atoms with Crippen LogP contribution in [-0.2, 0) is 0 Å². The van der Waals surface area contributed by atoms with Gasteiger partial charge in [0.25, 0.3) is 0 Å². The highest BCUT2D eigenvalue weighted by atomic mass is 15.2. The van der Waals surface area contributed by atoms with Crippen LogP contribution in [0.3, 0.4) is 0 Å². The van der Waals surface area contributed by atoms with E-state index >= 15 is 0 Å². The first kappa shape index (κ1) is 14.0. The van der Waals surface area contributed by atoms with Gasteiger partial charge in [0, 0.05) is 24.2 Å². The molecule has 0 radical (unpaired) electrons. The van der Waals surface area contributed by atoms with Crippen molar-refractivity contribution < 1.29 is 0 Å². The van der Waals surface area contributed by atoms with E-state index in [4.69, 9.17) is 0 Å². The molecule has 96 valence electrons. The van der Waals surface area contributed by atoms with Crippen molar-refractivity contribution >= 4 is 0 Å². The molecule has 0 bridgehead atoms. The van der Waals surface area contributed by atoms with Gasteiger partial charge in [-0.25, -0.2) is 0 Å². The molecule has 0 spiro atoms. The fourth-order valence-corrected chi connectivity index (χ4v) is 2.54. The van der Waals surface area contributed by atoms with E-state index in [0.29, 0.717) is 6.04 Å². The minimum atomic E-state index is 0.287. The van der Waals surface area contributed by atoms with E-state index in [0.717, 1.165) is 12.6 Å². The van der Waals surface area contributed by atoms with Gasteiger partial charge in [-0.2, -0.15) is 0 Å². The number of likely N-dealkylation sites (tertiary alicyclic amines) is 1. The highest BCUT2D eigenvalue weighted by Gasteiger charge is 2.27. The summed E-state index contributed by atoms with van der Waals surface area (Å²) in [6.07, 6.45) is 5.29. The first-order valence-corrected chi connectivity index (χ1v) is 7.01. The van der Waals surface area contributed by atoms with Gasteiger partial charge in [-0.05, 0) is 53.0 Å². The fourth-order valence-electron chi connectivity index (χ4n) is 2.54. The third kappa shape index (κ3) is 3.74. The van der Waals surface area contributed by atoms with Crippen molar-refractivity contribution in [3.8, 4) is 0 Å². The molecule has 2 nitrogen and oxygen atoms in total. The van der Waals surface area contributed by atoms with E-state index in [1.807, 2.05) is 0 Å². The maximum absolute atomic E-state index is 3.69. The molecule has 0 saturated carbocycles. The summed E-state index contributed by atoms with van der Waals surface area (Å²) in [5.74, 6) is 0. The lowest BCUT2D eigenvalue weighted by molar-refractivity contribution is 0.173. The lowest BCUT2D eigenvalue weighted by Crippen LogP contribution is -2.48. The van der Waals surface area contributed by atoms with Gasteiger partial charge in [0.2, 0.25) is 0 Å². The molecule has 0 aromatic heterocycles. The average Bonchev–Trinajstić information content (AvgIpc) is 2.74. The monoisotopic (exact) mass is 226 g/mol. The summed E-state index contributed by atoms with van der Waals surface area (Å²) in [6, 6.07) is 1.51. The van der Waals surface area contributed by atoms with Gasteiger partial charge in [-0.1, -0.05) is 13.8 Å². The first-order valence-electron chi connectivity index (χ1n) is 7.01. The van der Waals surface area contributed by atoms with Crippen molar-refractivity contribution in [2.24, 2.45) is 0 Å². The maximum Gasteiger partial charge on any atom is 0.0195 e. The molecule has 1 rings (SSSR count). The quantitative estimate of drug-likeness (QED) is 0.749. The molecule has 0 aromatic rings. The second-order valence-electron chi connectivity index (χ2n) is 5.91. The Morgan fingerprint density at radius 2 is 2.06 bits per heavy atom. The molecule has 1 saturated heterocycles. The molecule has 16 heavy (non-hydrogen) atoms. The molecular formula is C14H30N2. The summed E-state index contributed by atoms with van der Waals surface area (Å²) in [4.78, 5) is 2.69. The van der Waals surface area contributed by atoms with Crippen molar-refractivity contribution in [3.05, 3.63) is 0 Å². The predicted octanol–water partition coefficient (Wildman–Crippen LogP) is 3.03. The molecule has 0 amide bonds. The Hall–Kier alpha value is -0.0800. The van der Waals surface area contributed by atoms with E-state index in [-0.39, 0.29) is 5.54 Å². The zero-order valence-electron chi connectivity index (χ0n) is 11.8. The minimum Gasteiger partial charge on any atom is -0.310 e. The standard InChI is InChI=1S/C14H30N2/c1-6-13-9-8-10-16(13)12(3)11-15-14(4,5)7-2/h12-13,15H,6-11H2,1-5H3. The summed E-state index contributed by atoms with van der Waals surface area (Å²) in [7, 11) is 0. The fraction of sp³-hybridized carbons (Fsp3) is 1.00. The summed E-state index contributed by atoms with van der Waals surface area (Å²) >= 11 is 0. The second kappa shape index (κ2) is 6.02. The van der Waals surface area contributed by atoms with Gasteiger partial charge in [0.1, 0.15) is 0 Å². The zero-order chi connectivity index (χ0) is 12.2. The van der Waals surface area contributed by atoms with Gasteiger partial charge >= 0.3 is 0 Å². The van der Waals surface area contributed by atoms with Crippen molar-refractivity contribution in [1.82, 2.24) is 10.2 Å². The third-order valence-electron chi connectivity index (χ3n) is 4.22. The third-order valence-corrected chi connectivity index (χ3v) is 4.22. The topological polar surface area (TPSA) is 15.3 Å². The molecule has 1 N–H and O–H groups in total. The van der Waals surface area contributed by atoms with Crippen molar-refractivity contribution in [2.45, 2.75) is 77.9 Å². The summed E-state index contributed by atoms with van der Waals surface area (Å²) < 4.78 is 0. The first-order chi connectivity index (χ1) is 7.50. The Balaban J connectivity index is 2.37. The van der Waals surface area contributed by atoms with Gasteiger partial charge in [0.15, 0.2) is 0 Å². The van der Waals surface area contributed by atoms with Crippen LogP contribution < -0.4 is 5.32 Å². The smallest absolute Gasteiger partial charge is 0.0195 e. The van der Waals surface area contributed by atoms with Crippen LogP contribution in [0, 0.1) is 0 Å². The van der Waals surface area contributed by atoms with Crippen LogP contribution in [0.15, 0.2) is 0 Å². The molecule has 2 unspecified atom stereocenters. The largest absolute Gasteiger partial charge is 0.310 e. The van der Waals surface area contributed by atoms with Crippen LogP contribution in [0.1, 0.15) is 60.3 Å². The normalized spacial score (nSPS) is 24.9. The lowest BCUT2D eigenvalue weighted by Gasteiger charge is -2.33. The number of hydrogen-bond acceptors (Lipinski definition) is 2. The average molecular weight is 226 g/mol. The molecule has 2 heteroatoms. The molecule has 2 atom stereocenters. The SMILES string of the molecule is CCC1CCCN1C(C)CNC(C)(C)CC. The van der Waals surface area contributed by atoms with Crippen molar-refractivity contribution in [1.29, 1.82) is 0 Å². The Morgan fingerprint density at radius 3 is 2.62 bits per heavy atom. The van der Waals surface area contributed by atoms with Crippen LogP contribution in [0.5, 0.6) is 0 Å². The molecule has 1 fully saturated rings. The number of nitrogens with one attached hydrogen (secondary N) is 1. The Kier molecular flexibility index (Phi) is 5.26. The number of nitrogens with zero attached hydrogens (tertiary/aromatic N) is 1. The van der Waals surface area contributed by atoms with Gasteiger partial charge in [0.05, 0.1) is 0 Å². The van der Waals surface area contributed by atoms with Gasteiger partial charge in [-0.15, -0.1) is 0 Å². The van der Waals surface area contributed by atoms with Crippen molar-refractivity contribution in [2.75, 3.05) is 13.1 Å². The van der Waals surface area contributed by atoms with E-state index in [9.17, 15) is 0 Å². The van der Waals surface area contributed by atoms with Gasteiger partial charge < -0.3 is 5.32 Å². The zero-order valence-corrected chi connectivity index (χ0v) is 11.8. The molecular weight excluding hydrogens is 196 g/mol. The number of hydrogen-bond donors (Lipinski definition) is 1. The Morgan fingerprint density at radius 1 is 1.38 bits per heavy atom. The van der Waals surface area contributed by atoms with Crippen LogP contribution in [0.2, 0.25) is 0 Å². The van der Waals surface area contributed by atoms with E-state index < -0.39 is 0 Å². The molecule has 1 aliphatic heterocycles. The van der Waals surface area contributed by atoms with E-state index in [1.165, 1.54) is 32.2 Å². The van der Waals surface area contributed by atoms with E-state index in [2.05, 4.69) is 44.8 Å². The molecule has 0 aliphatic carbocycles. The molecule has 1 heterocycles. The summed E-state index contributed by atoms with van der Waals surface area (Å²) in [6.45, 7) is 13.9. The minimum absolute atomic E-state index is 0.287. The van der Waals surface area contributed by atoms with Gasteiger partial charge in [-0.3, -0.25) is 4.90 Å². The van der Waals surface area contributed by atoms with Crippen LogP contribution in [0.4, 0.5) is 0 Å². The van der Waals surface area contributed by atoms with Crippen LogP contribution in [-0.4, -0.2) is 35.6 Å². The summed E-state index contributed by atoms with van der Waals surface area (Å²) in [5, 5.41) is 3.69. The maximum atomic E-state index is 3.69. The highest BCUT2D eigenvalue weighted by molar-refractivity contribution is 4.85. The Bertz CT molecular complexity index is 201. The Labute approximate surface area is 102 Å². The van der Waals surface area contributed by atoms with Crippen LogP contribution >= 0.6 is 0 Å².